The zero-order valence-electron chi connectivity index (χ0n) is 14.4. The molecule has 0 unspecified atom stereocenters. The van der Waals surface area contributed by atoms with Gasteiger partial charge in [-0.05, 0) is 48.0 Å². The highest BCUT2D eigenvalue weighted by Crippen LogP contribution is 2.22. The fraction of sp³-hybridized carbons (Fsp3) is 0.105. The number of benzene rings is 2. The Morgan fingerprint density at radius 3 is 2.54 bits per heavy atom. The van der Waals surface area contributed by atoms with Gasteiger partial charge in [0.2, 0.25) is 5.91 Å². The lowest BCUT2D eigenvalue weighted by molar-refractivity contribution is -0.127. The van der Waals surface area contributed by atoms with Crippen LogP contribution in [0.1, 0.15) is 11.1 Å². The first-order chi connectivity index (χ1) is 13.3. The minimum absolute atomic E-state index is 0.0819. The second-order valence-electron chi connectivity index (χ2n) is 5.95. The van der Waals surface area contributed by atoms with Gasteiger partial charge >= 0.3 is 0 Å². The van der Waals surface area contributed by atoms with Gasteiger partial charge in [0.05, 0.1) is 16.5 Å². The molecule has 1 aliphatic heterocycles. The molecule has 28 heavy (non-hydrogen) atoms. The second kappa shape index (κ2) is 7.84. The Hall–Kier alpha value is -3.15. The summed E-state index contributed by atoms with van der Waals surface area (Å²) in [6, 6.07) is 13.8. The van der Waals surface area contributed by atoms with Gasteiger partial charge in [0.1, 0.15) is 6.54 Å². The van der Waals surface area contributed by atoms with E-state index in [0.717, 1.165) is 0 Å². The highest BCUT2D eigenvalue weighted by molar-refractivity contribution is 7.89. The molecule has 0 spiro atoms. The van der Waals surface area contributed by atoms with Crippen molar-refractivity contribution in [3.8, 4) is 6.07 Å². The molecule has 2 aromatic rings. The lowest BCUT2D eigenvalue weighted by atomic mass is 10.1. The standard InChI is InChI=1S/C19H14ClN3O4S/c20-16-4-6-17(7-5-16)28(26,27)23-12-18(24)22-11-15(19(23)25)9-13-2-1-3-14(8-13)10-21/h1-9H,11-12H2,(H,22,24). The number of carbonyl (C=O) groups excluding carboxylic acids is 2. The monoisotopic (exact) mass is 415 g/mol. The molecule has 0 aliphatic carbocycles. The van der Waals surface area contributed by atoms with E-state index in [0.29, 0.717) is 20.5 Å². The molecule has 142 valence electrons. The number of rotatable bonds is 3. The average molecular weight is 416 g/mol. The van der Waals surface area contributed by atoms with E-state index in [1.54, 1.807) is 24.3 Å². The molecular formula is C19H14ClN3O4S. The van der Waals surface area contributed by atoms with Gasteiger partial charge in [-0.3, -0.25) is 9.59 Å². The summed E-state index contributed by atoms with van der Waals surface area (Å²) in [5.41, 5.74) is 1.02. The zero-order chi connectivity index (χ0) is 20.3. The molecule has 1 N–H and O–H groups in total. The van der Waals surface area contributed by atoms with Gasteiger partial charge in [-0.2, -0.15) is 5.26 Å². The number of hydrogen-bond donors (Lipinski definition) is 1. The average Bonchev–Trinajstić information content (AvgIpc) is 2.82. The van der Waals surface area contributed by atoms with Crippen LogP contribution in [0.4, 0.5) is 0 Å². The zero-order valence-corrected chi connectivity index (χ0v) is 16.0. The molecule has 0 saturated carbocycles. The van der Waals surface area contributed by atoms with Crippen molar-refractivity contribution in [1.29, 1.82) is 5.26 Å². The highest BCUT2D eigenvalue weighted by atomic mass is 35.5. The Morgan fingerprint density at radius 1 is 1.14 bits per heavy atom. The summed E-state index contributed by atoms with van der Waals surface area (Å²) >= 11 is 5.79. The van der Waals surface area contributed by atoms with Crippen molar-refractivity contribution in [2.75, 3.05) is 13.1 Å². The summed E-state index contributed by atoms with van der Waals surface area (Å²) in [6.45, 7) is -0.750. The van der Waals surface area contributed by atoms with Crippen molar-refractivity contribution < 1.29 is 18.0 Å². The van der Waals surface area contributed by atoms with E-state index in [4.69, 9.17) is 16.9 Å². The number of nitriles is 1. The molecule has 1 fully saturated rings. The maximum absolute atomic E-state index is 12.9. The summed E-state index contributed by atoms with van der Waals surface area (Å²) in [5.74, 6) is -1.41. The van der Waals surface area contributed by atoms with Crippen LogP contribution in [0.15, 0.2) is 59.0 Å². The number of nitrogens with zero attached hydrogens (tertiary/aromatic N) is 2. The molecule has 0 aromatic heterocycles. The Bertz CT molecular complexity index is 1120. The molecule has 0 bridgehead atoms. The first kappa shape index (κ1) is 19.6. The Balaban J connectivity index is 2.03. The van der Waals surface area contributed by atoms with Crippen LogP contribution in [-0.4, -0.2) is 37.6 Å². The van der Waals surface area contributed by atoms with Crippen molar-refractivity contribution in [1.82, 2.24) is 9.62 Å². The van der Waals surface area contributed by atoms with Crippen molar-refractivity contribution in [2.45, 2.75) is 4.90 Å². The van der Waals surface area contributed by atoms with Crippen LogP contribution in [0.5, 0.6) is 0 Å². The van der Waals surface area contributed by atoms with Crippen LogP contribution in [-0.2, 0) is 19.6 Å². The van der Waals surface area contributed by atoms with Gasteiger partial charge in [-0.25, -0.2) is 12.7 Å². The van der Waals surface area contributed by atoms with Gasteiger partial charge < -0.3 is 5.32 Å². The van der Waals surface area contributed by atoms with Crippen molar-refractivity contribution in [3.63, 3.8) is 0 Å². The van der Waals surface area contributed by atoms with Gasteiger partial charge in [-0.1, -0.05) is 23.7 Å². The van der Waals surface area contributed by atoms with E-state index < -0.39 is 28.4 Å². The van der Waals surface area contributed by atoms with Gasteiger partial charge in [0, 0.05) is 17.1 Å². The van der Waals surface area contributed by atoms with Crippen molar-refractivity contribution in [2.24, 2.45) is 0 Å². The third-order valence-corrected chi connectivity index (χ3v) is 6.02. The van der Waals surface area contributed by atoms with Crippen LogP contribution in [0.25, 0.3) is 6.08 Å². The van der Waals surface area contributed by atoms with Crippen molar-refractivity contribution >= 4 is 39.5 Å². The molecule has 1 saturated heterocycles. The van der Waals surface area contributed by atoms with Crippen LogP contribution in [0.3, 0.4) is 0 Å². The van der Waals surface area contributed by atoms with E-state index in [9.17, 15) is 18.0 Å². The number of hydrogen-bond acceptors (Lipinski definition) is 5. The van der Waals surface area contributed by atoms with Crippen LogP contribution < -0.4 is 5.32 Å². The quantitative estimate of drug-likeness (QED) is 0.771. The summed E-state index contributed by atoms with van der Waals surface area (Å²) < 4.78 is 26.4. The molecule has 1 aliphatic rings. The van der Waals surface area contributed by atoms with Crippen LogP contribution in [0, 0.1) is 11.3 Å². The highest BCUT2D eigenvalue weighted by Gasteiger charge is 2.35. The van der Waals surface area contributed by atoms with E-state index in [1.807, 2.05) is 6.07 Å². The third-order valence-electron chi connectivity index (χ3n) is 4.02. The van der Waals surface area contributed by atoms with Crippen molar-refractivity contribution in [3.05, 3.63) is 70.3 Å². The first-order valence-corrected chi connectivity index (χ1v) is 9.93. The second-order valence-corrected chi connectivity index (χ2v) is 8.25. The SMILES string of the molecule is N#Cc1cccc(C=C2CNC(=O)CN(S(=O)(=O)c3ccc(Cl)cc3)C2=O)c1. The summed E-state index contributed by atoms with van der Waals surface area (Å²) in [7, 11) is -4.25. The summed E-state index contributed by atoms with van der Waals surface area (Å²) in [4.78, 5) is 24.8. The Labute approximate surface area is 166 Å². The summed E-state index contributed by atoms with van der Waals surface area (Å²) in [6.07, 6.45) is 1.46. The lowest BCUT2D eigenvalue weighted by Crippen LogP contribution is -2.40. The minimum atomic E-state index is -4.25. The van der Waals surface area contributed by atoms with Gasteiger partial charge in [0.25, 0.3) is 15.9 Å². The molecule has 1 heterocycles. The summed E-state index contributed by atoms with van der Waals surface area (Å²) in [5, 5.41) is 11.9. The van der Waals surface area contributed by atoms with E-state index in [2.05, 4.69) is 5.32 Å². The predicted octanol–water partition coefficient (Wildman–Crippen LogP) is 1.94. The van der Waals surface area contributed by atoms with Crippen LogP contribution in [0.2, 0.25) is 5.02 Å². The number of nitrogens with one attached hydrogen (secondary N) is 1. The number of amides is 2. The number of sulfonamides is 1. The maximum Gasteiger partial charge on any atom is 0.267 e. The molecule has 7 nitrogen and oxygen atoms in total. The molecule has 2 amide bonds. The fourth-order valence-corrected chi connectivity index (χ4v) is 4.11. The maximum atomic E-state index is 12.9. The van der Waals surface area contributed by atoms with Gasteiger partial charge in [0.15, 0.2) is 0 Å². The Morgan fingerprint density at radius 2 is 1.86 bits per heavy atom. The largest absolute Gasteiger partial charge is 0.350 e. The Kier molecular flexibility index (Phi) is 5.49. The number of carbonyl (C=O) groups is 2. The van der Waals surface area contributed by atoms with E-state index in [-0.39, 0.29) is 17.0 Å². The number of halogens is 1. The third kappa shape index (κ3) is 4.06. The topological polar surface area (TPSA) is 107 Å². The lowest BCUT2D eigenvalue weighted by Gasteiger charge is -2.20. The molecule has 9 heteroatoms. The van der Waals surface area contributed by atoms with E-state index in [1.165, 1.54) is 30.3 Å². The first-order valence-electron chi connectivity index (χ1n) is 8.11. The predicted molar refractivity (Wildman–Crippen MR) is 102 cm³/mol. The minimum Gasteiger partial charge on any atom is -0.350 e. The van der Waals surface area contributed by atoms with Gasteiger partial charge in [-0.15, -0.1) is 0 Å². The molecular weight excluding hydrogens is 402 g/mol. The smallest absolute Gasteiger partial charge is 0.267 e. The van der Waals surface area contributed by atoms with Crippen LogP contribution >= 0.6 is 11.6 Å². The fourth-order valence-electron chi connectivity index (χ4n) is 2.63. The molecule has 3 rings (SSSR count). The molecule has 2 aromatic carbocycles. The normalized spacial score (nSPS) is 16.4. The molecule has 0 atom stereocenters. The molecule has 0 radical (unpaired) electrons. The van der Waals surface area contributed by atoms with E-state index >= 15 is 0 Å².